The Bertz CT molecular complexity index is 653. The van der Waals surface area contributed by atoms with Gasteiger partial charge in [-0.3, -0.25) is 15.8 Å². The maximum Gasteiger partial charge on any atom is 0.315 e. The fourth-order valence-electron chi connectivity index (χ4n) is 2.72. The van der Waals surface area contributed by atoms with Crippen LogP contribution in [0.15, 0.2) is 48.7 Å². The average Bonchev–Trinajstić information content (AvgIpc) is 3.10. The van der Waals surface area contributed by atoms with Gasteiger partial charge < -0.3 is 10.6 Å². The molecular formula is C18H23N5O. The minimum absolute atomic E-state index is 0.0914. The molecule has 1 aromatic carbocycles. The Labute approximate surface area is 142 Å². The van der Waals surface area contributed by atoms with Crippen LogP contribution < -0.4 is 21.5 Å². The van der Waals surface area contributed by atoms with Crippen molar-refractivity contribution >= 4 is 6.03 Å². The van der Waals surface area contributed by atoms with Gasteiger partial charge in [0.25, 0.3) is 0 Å². The summed E-state index contributed by atoms with van der Waals surface area (Å²) in [6.45, 7) is 3.51. The molecule has 24 heavy (non-hydrogen) atoms. The Kier molecular flexibility index (Phi) is 5.40. The number of aryl methyl sites for hydroxylation is 1. The fourth-order valence-corrected chi connectivity index (χ4v) is 2.72. The Morgan fingerprint density at radius 1 is 1.21 bits per heavy atom. The largest absolute Gasteiger partial charge is 0.333 e. The number of hydrazine groups is 1. The lowest BCUT2D eigenvalue weighted by molar-refractivity contribution is 0.234. The predicted molar refractivity (Wildman–Crippen MR) is 93.3 cm³/mol. The summed E-state index contributed by atoms with van der Waals surface area (Å²) in [7, 11) is 0. The number of carbonyl (C=O) groups excluding carboxylic acids is 1. The van der Waals surface area contributed by atoms with Crippen LogP contribution in [0, 0.1) is 6.92 Å². The van der Waals surface area contributed by atoms with Crippen molar-refractivity contribution in [2.75, 3.05) is 13.1 Å². The smallest absolute Gasteiger partial charge is 0.315 e. The number of hydrogen-bond donors (Lipinski definition) is 4. The molecule has 0 aliphatic carbocycles. The van der Waals surface area contributed by atoms with Gasteiger partial charge in [-0.25, -0.2) is 4.79 Å². The molecule has 2 aromatic rings. The highest BCUT2D eigenvalue weighted by Crippen LogP contribution is 2.17. The predicted octanol–water partition coefficient (Wildman–Crippen LogP) is 1.45. The number of rotatable bonds is 5. The van der Waals surface area contributed by atoms with Crippen LogP contribution in [0.5, 0.6) is 0 Å². The van der Waals surface area contributed by atoms with Gasteiger partial charge in [-0.15, -0.1) is 0 Å². The van der Waals surface area contributed by atoms with Crippen LogP contribution in [0.4, 0.5) is 4.79 Å². The highest BCUT2D eigenvalue weighted by Gasteiger charge is 2.20. The minimum atomic E-state index is -0.173. The van der Waals surface area contributed by atoms with Gasteiger partial charge in [0.2, 0.25) is 0 Å². The molecule has 1 saturated heterocycles. The van der Waals surface area contributed by atoms with Crippen molar-refractivity contribution in [3.8, 4) is 0 Å². The third kappa shape index (κ3) is 4.53. The quantitative estimate of drug-likeness (QED) is 0.671. The maximum atomic E-state index is 12.3. The molecule has 4 N–H and O–H groups in total. The number of aromatic nitrogens is 1. The Morgan fingerprint density at radius 2 is 1.96 bits per heavy atom. The molecule has 1 atom stereocenters. The molecule has 0 spiro atoms. The lowest BCUT2D eigenvalue weighted by Crippen LogP contribution is -2.46. The SMILES string of the molecule is Cc1ccc(CC(NC(=O)NC2CNNC2)c2ccccn2)cc1. The van der Waals surface area contributed by atoms with E-state index in [1.165, 1.54) is 11.1 Å². The van der Waals surface area contributed by atoms with Crippen LogP contribution >= 0.6 is 0 Å². The van der Waals surface area contributed by atoms with Gasteiger partial charge in [-0.2, -0.15) is 0 Å². The van der Waals surface area contributed by atoms with Gasteiger partial charge in [0.15, 0.2) is 0 Å². The van der Waals surface area contributed by atoms with Crippen LogP contribution in [-0.2, 0) is 6.42 Å². The number of nitrogens with zero attached hydrogens (tertiary/aromatic N) is 1. The van der Waals surface area contributed by atoms with Gasteiger partial charge in [-0.1, -0.05) is 35.9 Å². The Hall–Kier alpha value is -2.44. The van der Waals surface area contributed by atoms with E-state index in [9.17, 15) is 4.79 Å². The molecule has 6 nitrogen and oxygen atoms in total. The topological polar surface area (TPSA) is 78.1 Å². The van der Waals surface area contributed by atoms with Crippen molar-refractivity contribution in [2.45, 2.75) is 25.4 Å². The summed E-state index contributed by atoms with van der Waals surface area (Å²) in [6, 6.07) is 13.9. The molecule has 0 saturated carbocycles. The number of benzene rings is 1. The molecule has 3 rings (SSSR count). The first-order valence-corrected chi connectivity index (χ1v) is 8.20. The first-order chi connectivity index (χ1) is 11.7. The van der Waals surface area contributed by atoms with Crippen molar-refractivity contribution in [3.05, 3.63) is 65.5 Å². The molecule has 1 aliphatic rings. The second-order valence-corrected chi connectivity index (χ2v) is 6.07. The highest BCUT2D eigenvalue weighted by atomic mass is 16.2. The van der Waals surface area contributed by atoms with Crippen molar-refractivity contribution in [1.82, 2.24) is 26.5 Å². The number of urea groups is 1. The first kappa shape index (κ1) is 16.4. The summed E-state index contributed by atoms with van der Waals surface area (Å²) < 4.78 is 0. The summed E-state index contributed by atoms with van der Waals surface area (Å²) in [5.41, 5.74) is 9.25. The molecule has 0 radical (unpaired) electrons. The van der Waals surface area contributed by atoms with Gasteiger partial charge in [0, 0.05) is 19.3 Å². The van der Waals surface area contributed by atoms with Crippen molar-refractivity contribution in [1.29, 1.82) is 0 Å². The number of carbonyl (C=O) groups is 1. The molecule has 126 valence electrons. The monoisotopic (exact) mass is 325 g/mol. The second-order valence-electron chi connectivity index (χ2n) is 6.07. The summed E-state index contributed by atoms with van der Waals surface area (Å²) in [4.78, 5) is 16.7. The molecule has 1 aromatic heterocycles. The van der Waals surface area contributed by atoms with E-state index in [1.807, 2.05) is 18.2 Å². The normalized spacial score (nSPS) is 15.9. The number of amides is 2. The van der Waals surface area contributed by atoms with Gasteiger partial charge >= 0.3 is 6.03 Å². The molecule has 1 fully saturated rings. The van der Waals surface area contributed by atoms with E-state index in [2.05, 4.69) is 57.7 Å². The van der Waals surface area contributed by atoms with Gasteiger partial charge in [0.1, 0.15) is 0 Å². The Balaban J connectivity index is 1.69. The zero-order valence-corrected chi connectivity index (χ0v) is 13.8. The second kappa shape index (κ2) is 7.90. The molecule has 6 heteroatoms. The third-order valence-electron chi connectivity index (χ3n) is 4.07. The Morgan fingerprint density at radius 3 is 2.62 bits per heavy atom. The highest BCUT2D eigenvalue weighted by molar-refractivity contribution is 5.74. The van der Waals surface area contributed by atoms with E-state index in [0.717, 1.165) is 18.8 Å². The van der Waals surface area contributed by atoms with Gasteiger partial charge in [0.05, 0.1) is 17.8 Å². The van der Waals surface area contributed by atoms with Crippen LogP contribution in [0.25, 0.3) is 0 Å². The van der Waals surface area contributed by atoms with E-state index in [1.54, 1.807) is 6.20 Å². The third-order valence-corrected chi connectivity index (χ3v) is 4.07. The van der Waals surface area contributed by atoms with Gasteiger partial charge in [-0.05, 0) is 31.0 Å². The van der Waals surface area contributed by atoms with Crippen LogP contribution in [-0.4, -0.2) is 30.1 Å². The zero-order chi connectivity index (χ0) is 16.8. The number of nitrogens with one attached hydrogen (secondary N) is 4. The molecule has 2 heterocycles. The minimum Gasteiger partial charge on any atom is -0.333 e. The first-order valence-electron chi connectivity index (χ1n) is 8.20. The van der Waals surface area contributed by atoms with Crippen LogP contribution in [0.3, 0.4) is 0 Å². The van der Waals surface area contributed by atoms with E-state index < -0.39 is 0 Å². The van der Waals surface area contributed by atoms with Crippen LogP contribution in [0.2, 0.25) is 0 Å². The fraction of sp³-hybridized carbons (Fsp3) is 0.333. The maximum absolute atomic E-state index is 12.3. The van der Waals surface area contributed by atoms with E-state index >= 15 is 0 Å². The van der Waals surface area contributed by atoms with Crippen molar-refractivity contribution in [2.24, 2.45) is 0 Å². The number of hydrogen-bond acceptors (Lipinski definition) is 4. The summed E-state index contributed by atoms with van der Waals surface area (Å²) in [5, 5.41) is 6.03. The van der Waals surface area contributed by atoms with Crippen LogP contribution in [0.1, 0.15) is 22.9 Å². The molecule has 2 amide bonds. The molecule has 0 bridgehead atoms. The summed E-state index contributed by atoms with van der Waals surface area (Å²) in [5.74, 6) is 0. The standard InChI is InChI=1S/C18H23N5O/c1-13-5-7-14(8-6-13)10-17(16-4-2-3-9-19-16)23-18(24)22-15-11-20-21-12-15/h2-9,15,17,20-21H,10-12H2,1H3,(H2,22,23,24). The lowest BCUT2D eigenvalue weighted by atomic mass is 10.0. The van der Waals surface area contributed by atoms with E-state index in [-0.39, 0.29) is 18.1 Å². The lowest BCUT2D eigenvalue weighted by Gasteiger charge is -2.20. The molecular weight excluding hydrogens is 302 g/mol. The summed E-state index contributed by atoms with van der Waals surface area (Å²) in [6.07, 6.45) is 2.45. The van der Waals surface area contributed by atoms with Crippen molar-refractivity contribution in [3.63, 3.8) is 0 Å². The van der Waals surface area contributed by atoms with E-state index in [0.29, 0.717) is 6.42 Å². The number of pyridine rings is 1. The molecule has 1 unspecified atom stereocenters. The van der Waals surface area contributed by atoms with Crippen molar-refractivity contribution < 1.29 is 4.79 Å². The summed E-state index contributed by atoms with van der Waals surface area (Å²) >= 11 is 0. The molecule has 1 aliphatic heterocycles. The average molecular weight is 325 g/mol. The zero-order valence-electron chi connectivity index (χ0n) is 13.8. The van der Waals surface area contributed by atoms with E-state index in [4.69, 9.17) is 0 Å².